The molecule has 1 aliphatic heterocycles. The molecule has 2 aromatic carbocycles. The highest BCUT2D eigenvalue weighted by Crippen LogP contribution is 2.24. The molecule has 0 saturated carbocycles. The van der Waals surface area contributed by atoms with Crippen molar-refractivity contribution in [1.29, 1.82) is 0 Å². The van der Waals surface area contributed by atoms with Crippen LogP contribution >= 0.6 is 0 Å². The van der Waals surface area contributed by atoms with Gasteiger partial charge in [-0.25, -0.2) is 14.0 Å². The zero-order chi connectivity index (χ0) is 20.8. The number of hydrogen-bond donors (Lipinski definition) is 0. The van der Waals surface area contributed by atoms with Crippen LogP contribution in [0.1, 0.15) is 16.7 Å². The SMILES string of the molecule is COC(=O)[C@H]1Cc2ccccc2CN1C(=O)COC(=O)/C=C/c1ccc(F)cc1. The lowest BCUT2D eigenvalue weighted by atomic mass is 9.94. The van der Waals surface area contributed by atoms with Crippen molar-refractivity contribution in [1.82, 2.24) is 4.90 Å². The van der Waals surface area contributed by atoms with E-state index in [2.05, 4.69) is 0 Å². The number of carbonyl (C=O) groups excluding carboxylic acids is 3. The van der Waals surface area contributed by atoms with Crippen molar-refractivity contribution in [2.45, 2.75) is 19.0 Å². The number of rotatable bonds is 5. The van der Waals surface area contributed by atoms with Crippen molar-refractivity contribution in [2.24, 2.45) is 0 Å². The zero-order valence-corrected chi connectivity index (χ0v) is 15.8. The van der Waals surface area contributed by atoms with Gasteiger partial charge >= 0.3 is 11.9 Å². The first-order valence-electron chi connectivity index (χ1n) is 9.02. The number of carbonyl (C=O) groups is 3. The fraction of sp³-hybridized carbons (Fsp3) is 0.227. The minimum absolute atomic E-state index is 0.234. The molecule has 3 rings (SSSR count). The number of hydrogen-bond acceptors (Lipinski definition) is 5. The topological polar surface area (TPSA) is 72.9 Å². The third-order valence-corrected chi connectivity index (χ3v) is 4.66. The summed E-state index contributed by atoms with van der Waals surface area (Å²) in [7, 11) is 1.27. The van der Waals surface area contributed by atoms with Gasteiger partial charge in [-0.3, -0.25) is 4.79 Å². The Kier molecular flexibility index (Phi) is 6.39. The Bertz CT molecular complexity index is 938. The summed E-state index contributed by atoms with van der Waals surface area (Å²) in [6.45, 7) is -0.264. The summed E-state index contributed by atoms with van der Waals surface area (Å²) in [4.78, 5) is 38.0. The second-order valence-corrected chi connectivity index (χ2v) is 6.53. The molecule has 1 amide bonds. The Morgan fingerprint density at radius 3 is 2.48 bits per heavy atom. The molecule has 29 heavy (non-hydrogen) atoms. The van der Waals surface area contributed by atoms with Gasteiger partial charge in [-0.15, -0.1) is 0 Å². The van der Waals surface area contributed by atoms with E-state index in [1.54, 1.807) is 0 Å². The largest absolute Gasteiger partial charge is 0.467 e. The normalized spacial score (nSPS) is 15.7. The summed E-state index contributed by atoms with van der Waals surface area (Å²) in [6, 6.07) is 12.3. The van der Waals surface area contributed by atoms with Crippen molar-refractivity contribution < 1.29 is 28.2 Å². The van der Waals surface area contributed by atoms with Gasteiger partial charge in [-0.2, -0.15) is 0 Å². The fourth-order valence-corrected chi connectivity index (χ4v) is 3.13. The standard InChI is InChI=1S/C22H20FNO5/c1-28-22(27)19-12-16-4-2-3-5-17(16)13-24(19)20(25)14-29-21(26)11-8-15-6-9-18(23)10-7-15/h2-11,19H,12-14H2,1H3/b11-8+/t19-/m1/s1. The summed E-state index contributed by atoms with van der Waals surface area (Å²) < 4.78 is 22.7. The zero-order valence-electron chi connectivity index (χ0n) is 15.8. The van der Waals surface area contributed by atoms with Crippen LogP contribution in [0.3, 0.4) is 0 Å². The van der Waals surface area contributed by atoms with Crippen molar-refractivity contribution in [3.8, 4) is 0 Å². The first kappa shape index (κ1) is 20.3. The molecule has 0 radical (unpaired) electrons. The third kappa shape index (κ3) is 5.07. The minimum atomic E-state index is -0.768. The number of ether oxygens (including phenoxy) is 2. The lowest BCUT2D eigenvalue weighted by molar-refractivity contribution is -0.158. The van der Waals surface area contributed by atoms with Crippen molar-refractivity contribution in [3.05, 3.63) is 77.1 Å². The van der Waals surface area contributed by atoms with E-state index in [9.17, 15) is 18.8 Å². The van der Waals surface area contributed by atoms with Crippen molar-refractivity contribution in [3.63, 3.8) is 0 Å². The molecule has 150 valence electrons. The van der Waals surface area contributed by atoms with E-state index in [1.165, 1.54) is 42.4 Å². The number of nitrogens with zero attached hydrogens (tertiary/aromatic N) is 1. The van der Waals surface area contributed by atoms with Crippen LogP contribution in [0.25, 0.3) is 6.08 Å². The van der Waals surface area contributed by atoms with E-state index in [0.717, 1.165) is 17.2 Å². The number of esters is 2. The lowest BCUT2D eigenvalue weighted by Gasteiger charge is -2.35. The van der Waals surface area contributed by atoms with E-state index < -0.39 is 30.5 Å². The van der Waals surface area contributed by atoms with Crippen LogP contribution in [-0.4, -0.2) is 42.5 Å². The highest BCUT2D eigenvalue weighted by atomic mass is 19.1. The second kappa shape index (κ2) is 9.14. The maximum absolute atomic E-state index is 12.9. The van der Waals surface area contributed by atoms with Gasteiger partial charge in [0.1, 0.15) is 11.9 Å². The van der Waals surface area contributed by atoms with Gasteiger partial charge < -0.3 is 14.4 Å². The summed E-state index contributed by atoms with van der Waals surface area (Å²) >= 11 is 0. The van der Waals surface area contributed by atoms with Crippen LogP contribution in [0.15, 0.2) is 54.6 Å². The van der Waals surface area contributed by atoms with E-state index in [0.29, 0.717) is 12.0 Å². The molecule has 1 heterocycles. The summed E-state index contributed by atoms with van der Waals surface area (Å²) in [5.74, 6) is -2.10. The maximum Gasteiger partial charge on any atom is 0.331 e. The van der Waals surface area contributed by atoms with Gasteiger partial charge in [0, 0.05) is 19.0 Å². The van der Waals surface area contributed by atoms with Crippen molar-refractivity contribution in [2.75, 3.05) is 13.7 Å². The molecule has 0 spiro atoms. The average molecular weight is 397 g/mol. The number of halogens is 1. The highest BCUT2D eigenvalue weighted by molar-refractivity contribution is 5.90. The molecule has 0 unspecified atom stereocenters. The number of benzene rings is 2. The van der Waals surface area contributed by atoms with E-state index in [4.69, 9.17) is 9.47 Å². The Morgan fingerprint density at radius 1 is 1.10 bits per heavy atom. The van der Waals surface area contributed by atoms with Gasteiger partial charge in [0.15, 0.2) is 6.61 Å². The Labute approximate surface area is 167 Å². The predicted octanol–water partition coefficient (Wildman–Crippen LogP) is 2.51. The number of amides is 1. The smallest absolute Gasteiger partial charge is 0.331 e. The molecule has 6 nitrogen and oxygen atoms in total. The number of methoxy groups -OCH3 is 1. The third-order valence-electron chi connectivity index (χ3n) is 4.66. The van der Waals surface area contributed by atoms with Gasteiger partial charge in [-0.1, -0.05) is 36.4 Å². The van der Waals surface area contributed by atoms with Crippen LogP contribution < -0.4 is 0 Å². The fourth-order valence-electron chi connectivity index (χ4n) is 3.13. The molecular formula is C22H20FNO5. The van der Waals surface area contributed by atoms with Gasteiger partial charge in [0.05, 0.1) is 7.11 Å². The minimum Gasteiger partial charge on any atom is -0.467 e. The van der Waals surface area contributed by atoms with Crippen molar-refractivity contribution >= 4 is 23.9 Å². The van der Waals surface area contributed by atoms with E-state index >= 15 is 0 Å². The Morgan fingerprint density at radius 2 is 1.79 bits per heavy atom. The molecule has 0 bridgehead atoms. The van der Waals surface area contributed by atoms with Crippen LogP contribution in [0.5, 0.6) is 0 Å². The molecule has 0 N–H and O–H groups in total. The average Bonchev–Trinajstić information content (AvgIpc) is 2.75. The first-order chi connectivity index (χ1) is 14.0. The van der Waals surface area contributed by atoms with Gasteiger partial charge in [0.25, 0.3) is 5.91 Å². The van der Waals surface area contributed by atoms with Gasteiger partial charge in [-0.05, 0) is 34.9 Å². The lowest BCUT2D eigenvalue weighted by Crippen LogP contribution is -2.50. The van der Waals surface area contributed by atoms with Crippen LogP contribution in [-0.2, 0) is 36.8 Å². The highest BCUT2D eigenvalue weighted by Gasteiger charge is 2.35. The molecule has 0 aliphatic carbocycles. The quantitative estimate of drug-likeness (QED) is 0.573. The maximum atomic E-state index is 12.9. The Balaban J connectivity index is 1.63. The molecule has 2 aromatic rings. The molecule has 1 aliphatic rings. The van der Waals surface area contributed by atoms with Crippen LogP contribution in [0.2, 0.25) is 0 Å². The van der Waals surface area contributed by atoms with Crippen LogP contribution in [0.4, 0.5) is 4.39 Å². The Hall–Kier alpha value is -3.48. The van der Waals surface area contributed by atoms with Crippen LogP contribution in [0, 0.1) is 5.82 Å². The molecule has 0 fully saturated rings. The molecule has 7 heteroatoms. The molecular weight excluding hydrogens is 377 g/mol. The second-order valence-electron chi connectivity index (χ2n) is 6.53. The summed E-state index contributed by atoms with van der Waals surface area (Å²) in [5, 5.41) is 0. The van der Waals surface area contributed by atoms with E-state index in [1.807, 2.05) is 24.3 Å². The molecule has 0 aromatic heterocycles. The monoisotopic (exact) mass is 397 g/mol. The molecule has 0 saturated heterocycles. The summed E-state index contributed by atoms with van der Waals surface area (Å²) in [6.07, 6.45) is 2.96. The number of fused-ring (bicyclic) bond motifs is 1. The van der Waals surface area contributed by atoms with Gasteiger partial charge in [0.2, 0.25) is 0 Å². The summed E-state index contributed by atoms with van der Waals surface area (Å²) in [5.41, 5.74) is 2.53. The van der Waals surface area contributed by atoms with E-state index in [-0.39, 0.29) is 12.4 Å². The predicted molar refractivity (Wildman–Crippen MR) is 103 cm³/mol. The first-order valence-corrected chi connectivity index (χ1v) is 9.02. The molecule has 1 atom stereocenters.